The van der Waals surface area contributed by atoms with E-state index in [1.807, 2.05) is 6.92 Å². The van der Waals surface area contributed by atoms with E-state index in [9.17, 15) is 22.4 Å². The minimum Gasteiger partial charge on any atom is -0.496 e. The highest BCUT2D eigenvalue weighted by atomic mass is 32.1. The van der Waals surface area contributed by atoms with Gasteiger partial charge < -0.3 is 10.1 Å². The zero-order valence-corrected chi connectivity index (χ0v) is 18.3. The quantitative estimate of drug-likeness (QED) is 0.328. The van der Waals surface area contributed by atoms with Gasteiger partial charge in [-0.05, 0) is 48.5 Å². The standard InChI is InChI=1S/C21H22F4N4O2S/c1-3-4-7-28-20(30)15(26-21(28)32)9-12-5-6-17(31-2)13(8-12)11-29-16(19(24)25)10-14(27-29)18(22)23/h5-6,8-10,18-19H,3-4,7,11H2,1-2H3,(H,26,32)/b15-9+. The molecule has 0 unspecified atom stereocenters. The molecule has 0 spiro atoms. The zero-order chi connectivity index (χ0) is 23.4. The van der Waals surface area contributed by atoms with Crippen molar-refractivity contribution in [3.8, 4) is 5.75 Å². The number of aromatic nitrogens is 2. The fourth-order valence-corrected chi connectivity index (χ4v) is 3.58. The lowest BCUT2D eigenvalue weighted by molar-refractivity contribution is -0.122. The van der Waals surface area contributed by atoms with Crippen molar-refractivity contribution in [2.75, 3.05) is 13.7 Å². The topological polar surface area (TPSA) is 59.4 Å². The van der Waals surface area contributed by atoms with Gasteiger partial charge in [-0.2, -0.15) is 5.10 Å². The van der Waals surface area contributed by atoms with Crippen LogP contribution in [0.1, 0.15) is 55.1 Å². The molecule has 32 heavy (non-hydrogen) atoms. The van der Waals surface area contributed by atoms with Crippen LogP contribution in [0.2, 0.25) is 0 Å². The van der Waals surface area contributed by atoms with Crippen molar-refractivity contribution in [2.24, 2.45) is 0 Å². The fourth-order valence-electron chi connectivity index (χ4n) is 3.29. The number of unbranched alkanes of at least 4 members (excludes halogenated alkanes) is 1. The number of rotatable bonds is 9. The molecule has 2 heterocycles. The van der Waals surface area contributed by atoms with Crippen molar-refractivity contribution in [1.29, 1.82) is 0 Å². The number of nitrogens with one attached hydrogen (secondary N) is 1. The Morgan fingerprint density at radius 3 is 2.59 bits per heavy atom. The van der Waals surface area contributed by atoms with Crippen LogP contribution < -0.4 is 10.1 Å². The second kappa shape index (κ2) is 10.1. The molecular formula is C21H22F4N4O2S. The predicted molar refractivity (Wildman–Crippen MR) is 115 cm³/mol. The first-order valence-electron chi connectivity index (χ1n) is 9.90. The SMILES string of the molecule is CCCCN1C(=O)/C(=C\c2ccc(OC)c(Cn3nc(C(F)F)cc3C(F)F)c2)NC1=S. The first-order chi connectivity index (χ1) is 15.2. The van der Waals surface area contributed by atoms with Gasteiger partial charge in [0.25, 0.3) is 18.8 Å². The van der Waals surface area contributed by atoms with Gasteiger partial charge in [-0.15, -0.1) is 0 Å². The first-order valence-corrected chi connectivity index (χ1v) is 10.3. The summed E-state index contributed by atoms with van der Waals surface area (Å²) in [6, 6.07) is 5.61. The van der Waals surface area contributed by atoms with Gasteiger partial charge in [0.1, 0.15) is 22.8 Å². The number of carbonyl (C=O) groups excluding carboxylic acids is 1. The maximum atomic E-state index is 13.3. The second-order valence-electron chi connectivity index (χ2n) is 7.12. The summed E-state index contributed by atoms with van der Waals surface area (Å²) in [5.41, 5.74) is -0.0376. The van der Waals surface area contributed by atoms with E-state index in [4.69, 9.17) is 17.0 Å². The molecule has 1 N–H and O–H groups in total. The number of carbonyl (C=O) groups is 1. The Morgan fingerprint density at radius 2 is 1.97 bits per heavy atom. The van der Waals surface area contributed by atoms with Gasteiger partial charge in [-0.3, -0.25) is 14.4 Å². The monoisotopic (exact) mass is 470 g/mol. The van der Waals surface area contributed by atoms with Crippen LogP contribution in [0.4, 0.5) is 17.6 Å². The van der Waals surface area contributed by atoms with Crippen LogP contribution in [0.15, 0.2) is 30.0 Å². The minimum absolute atomic E-state index is 0.213. The number of thiocarbonyl (C=S) groups is 1. The number of benzene rings is 1. The first kappa shape index (κ1) is 23.7. The van der Waals surface area contributed by atoms with Crippen LogP contribution in [0, 0.1) is 0 Å². The number of amides is 1. The lowest BCUT2D eigenvalue weighted by Gasteiger charge is -2.13. The summed E-state index contributed by atoms with van der Waals surface area (Å²) < 4.78 is 58.7. The van der Waals surface area contributed by atoms with Crippen molar-refractivity contribution in [3.05, 3.63) is 52.5 Å². The maximum absolute atomic E-state index is 13.3. The summed E-state index contributed by atoms with van der Waals surface area (Å²) >= 11 is 5.23. The molecule has 1 saturated heterocycles. The third kappa shape index (κ3) is 5.09. The second-order valence-corrected chi connectivity index (χ2v) is 7.51. The Kier molecular flexibility index (Phi) is 7.49. The number of alkyl halides is 4. The molecule has 0 atom stereocenters. The summed E-state index contributed by atoms with van der Waals surface area (Å²) in [4.78, 5) is 14.1. The number of ether oxygens (including phenoxy) is 1. The molecule has 1 aliphatic heterocycles. The average Bonchev–Trinajstić information content (AvgIpc) is 3.28. The van der Waals surface area contributed by atoms with Gasteiger partial charge in [0, 0.05) is 12.1 Å². The van der Waals surface area contributed by atoms with E-state index in [0.717, 1.165) is 17.5 Å². The Labute approximate surface area is 187 Å². The highest BCUT2D eigenvalue weighted by molar-refractivity contribution is 7.80. The molecule has 1 aliphatic rings. The Balaban J connectivity index is 1.91. The van der Waals surface area contributed by atoms with Crippen molar-refractivity contribution in [3.63, 3.8) is 0 Å². The summed E-state index contributed by atoms with van der Waals surface area (Å²) in [7, 11) is 1.41. The van der Waals surface area contributed by atoms with Gasteiger partial charge in [0.2, 0.25) is 0 Å². The fraction of sp³-hybridized carbons (Fsp3) is 0.381. The van der Waals surface area contributed by atoms with Gasteiger partial charge >= 0.3 is 0 Å². The summed E-state index contributed by atoms with van der Waals surface area (Å²) in [5.74, 6) is 0.113. The van der Waals surface area contributed by atoms with Crippen LogP contribution in [-0.4, -0.2) is 39.4 Å². The predicted octanol–water partition coefficient (Wildman–Crippen LogP) is 4.67. The molecule has 0 bridgehead atoms. The van der Waals surface area contributed by atoms with Gasteiger partial charge in [-0.25, -0.2) is 17.6 Å². The zero-order valence-electron chi connectivity index (χ0n) is 17.4. The molecular weight excluding hydrogens is 448 g/mol. The van der Waals surface area contributed by atoms with E-state index in [1.165, 1.54) is 12.0 Å². The molecule has 1 aromatic heterocycles. The highest BCUT2D eigenvalue weighted by Crippen LogP contribution is 2.28. The maximum Gasteiger partial charge on any atom is 0.282 e. The van der Waals surface area contributed by atoms with E-state index in [2.05, 4.69) is 10.4 Å². The molecule has 11 heteroatoms. The van der Waals surface area contributed by atoms with Crippen LogP contribution in [-0.2, 0) is 11.3 Å². The third-order valence-corrected chi connectivity index (χ3v) is 5.23. The van der Waals surface area contributed by atoms with E-state index in [0.29, 0.717) is 34.6 Å². The molecule has 0 radical (unpaired) electrons. The van der Waals surface area contributed by atoms with Crippen LogP contribution >= 0.6 is 12.2 Å². The molecule has 1 aromatic carbocycles. The van der Waals surface area contributed by atoms with E-state index < -0.39 is 24.2 Å². The number of hydrogen-bond donors (Lipinski definition) is 1. The van der Waals surface area contributed by atoms with Crippen LogP contribution in [0.5, 0.6) is 5.75 Å². The molecule has 172 valence electrons. The van der Waals surface area contributed by atoms with E-state index in [-0.39, 0.29) is 18.1 Å². The van der Waals surface area contributed by atoms with Gasteiger partial charge in [0.15, 0.2) is 5.11 Å². The molecule has 0 aliphatic carbocycles. The Hall–Kier alpha value is -2.95. The van der Waals surface area contributed by atoms with Crippen LogP contribution in [0.25, 0.3) is 6.08 Å². The molecule has 1 amide bonds. The summed E-state index contributed by atoms with van der Waals surface area (Å²) in [5, 5.41) is 6.83. The molecule has 0 saturated carbocycles. The number of halogens is 4. The van der Waals surface area contributed by atoms with Crippen molar-refractivity contribution in [1.82, 2.24) is 20.0 Å². The Bertz CT molecular complexity index is 1040. The lowest BCUT2D eigenvalue weighted by atomic mass is 10.1. The largest absolute Gasteiger partial charge is 0.496 e. The van der Waals surface area contributed by atoms with Gasteiger partial charge in [0.05, 0.1) is 13.7 Å². The third-order valence-electron chi connectivity index (χ3n) is 4.91. The van der Waals surface area contributed by atoms with Crippen LogP contribution in [0.3, 0.4) is 0 Å². The molecule has 1 fully saturated rings. The number of methoxy groups -OCH3 is 1. The van der Waals surface area contributed by atoms with Crippen molar-refractivity contribution in [2.45, 2.75) is 39.2 Å². The van der Waals surface area contributed by atoms with Crippen molar-refractivity contribution >= 4 is 29.3 Å². The summed E-state index contributed by atoms with van der Waals surface area (Å²) in [6.07, 6.45) is -2.63. The number of nitrogens with zero attached hydrogens (tertiary/aromatic N) is 3. The molecule has 3 rings (SSSR count). The molecule has 2 aromatic rings. The van der Waals surface area contributed by atoms with Gasteiger partial charge in [-0.1, -0.05) is 19.4 Å². The molecule has 6 nitrogen and oxygen atoms in total. The number of hydrogen-bond acceptors (Lipinski definition) is 4. The van der Waals surface area contributed by atoms with E-state index >= 15 is 0 Å². The highest BCUT2D eigenvalue weighted by Gasteiger charge is 2.30. The Morgan fingerprint density at radius 1 is 1.22 bits per heavy atom. The summed E-state index contributed by atoms with van der Waals surface area (Å²) in [6.45, 7) is 2.31. The normalized spacial score (nSPS) is 15.4. The average molecular weight is 470 g/mol. The smallest absolute Gasteiger partial charge is 0.282 e. The van der Waals surface area contributed by atoms with Crippen molar-refractivity contribution < 1.29 is 27.1 Å². The lowest BCUT2D eigenvalue weighted by Crippen LogP contribution is -2.31. The van der Waals surface area contributed by atoms with E-state index in [1.54, 1.807) is 24.3 Å². The minimum atomic E-state index is -2.97.